The molecule has 2 aliphatic heterocycles. The Hall–Kier alpha value is -3.10. The molecule has 0 unspecified atom stereocenters. The molecule has 6 rings (SSSR count). The second kappa shape index (κ2) is 9.51. The van der Waals surface area contributed by atoms with Crippen molar-refractivity contribution in [3.63, 3.8) is 0 Å². The molecule has 1 amide bonds. The van der Waals surface area contributed by atoms with Crippen LogP contribution in [-0.2, 0) is 4.74 Å². The number of nitrogens with one attached hydrogen (secondary N) is 1. The molecule has 3 aromatic rings. The number of rotatable bonds is 2. The SMILES string of the molecule is O=C1Nc2cc3cn([C@H]4CC[C@H](CO)CC4)nc3cc2N2CC[C@@H](C2)OCCOc2cccc1c2. The van der Waals surface area contributed by atoms with E-state index < -0.39 is 0 Å². The van der Waals surface area contributed by atoms with Crippen molar-refractivity contribution in [3.05, 3.63) is 48.2 Å². The summed E-state index contributed by atoms with van der Waals surface area (Å²) in [5.74, 6) is 0.920. The van der Waals surface area contributed by atoms with Crippen molar-refractivity contribution in [2.24, 2.45) is 5.92 Å². The van der Waals surface area contributed by atoms with Crippen LogP contribution in [0.15, 0.2) is 42.6 Å². The first-order valence-electron chi connectivity index (χ1n) is 12.7. The van der Waals surface area contributed by atoms with Gasteiger partial charge in [-0.3, -0.25) is 9.48 Å². The molecule has 8 nitrogen and oxygen atoms in total. The predicted molar refractivity (Wildman–Crippen MR) is 134 cm³/mol. The molecular weight excluding hydrogens is 444 g/mol. The highest BCUT2D eigenvalue weighted by Gasteiger charge is 2.27. The van der Waals surface area contributed by atoms with Crippen molar-refractivity contribution in [1.29, 1.82) is 0 Å². The molecule has 1 aromatic heterocycles. The molecule has 1 saturated heterocycles. The number of nitrogens with zero attached hydrogens (tertiary/aromatic N) is 3. The van der Waals surface area contributed by atoms with E-state index in [-0.39, 0.29) is 18.6 Å². The largest absolute Gasteiger partial charge is 0.491 e. The summed E-state index contributed by atoms with van der Waals surface area (Å²) in [5.41, 5.74) is 3.26. The topological polar surface area (TPSA) is 88.9 Å². The van der Waals surface area contributed by atoms with Crippen molar-refractivity contribution in [3.8, 4) is 5.75 Å². The summed E-state index contributed by atoms with van der Waals surface area (Å²) < 4.78 is 14.0. The second-order valence-electron chi connectivity index (χ2n) is 9.95. The summed E-state index contributed by atoms with van der Waals surface area (Å²) in [6.07, 6.45) is 7.28. The van der Waals surface area contributed by atoms with Crippen molar-refractivity contribution in [2.75, 3.05) is 43.1 Å². The fraction of sp³-hybridized carbons (Fsp3) is 0.481. The maximum Gasteiger partial charge on any atom is 0.255 e. The third-order valence-electron chi connectivity index (χ3n) is 7.62. The Morgan fingerprint density at radius 1 is 1.09 bits per heavy atom. The van der Waals surface area contributed by atoms with E-state index in [1.165, 1.54) is 0 Å². The summed E-state index contributed by atoms with van der Waals surface area (Å²) in [4.78, 5) is 15.5. The van der Waals surface area contributed by atoms with Gasteiger partial charge in [0.15, 0.2) is 0 Å². The lowest BCUT2D eigenvalue weighted by atomic mass is 9.87. The number of anilines is 2. The minimum absolute atomic E-state index is 0.131. The Kier molecular flexibility index (Phi) is 6.08. The summed E-state index contributed by atoms with van der Waals surface area (Å²) in [5, 5.41) is 18.6. The van der Waals surface area contributed by atoms with E-state index in [0.717, 1.165) is 67.5 Å². The van der Waals surface area contributed by atoms with Gasteiger partial charge in [-0.15, -0.1) is 0 Å². The molecule has 2 fully saturated rings. The van der Waals surface area contributed by atoms with Crippen LogP contribution < -0.4 is 15.0 Å². The Balaban J connectivity index is 1.36. The number of carbonyl (C=O) groups is 1. The molecule has 1 atom stereocenters. The monoisotopic (exact) mass is 476 g/mol. The van der Waals surface area contributed by atoms with Crippen molar-refractivity contribution in [1.82, 2.24) is 9.78 Å². The molecule has 2 N–H and O–H groups in total. The predicted octanol–water partition coefficient (Wildman–Crippen LogP) is 4.00. The maximum absolute atomic E-state index is 13.2. The van der Waals surface area contributed by atoms with Gasteiger partial charge in [-0.25, -0.2) is 0 Å². The minimum atomic E-state index is -0.158. The number of hydrogen-bond donors (Lipinski definition) is 2. The molecule has 8 heteroatoms. The van der Waals surface area contributed by atoms with Crippen LogP contribution in [0.1, 0.15) is 48.5 Å². The first-order valence-corrected chi connectivity index (χ1v) is 12.7. The summed E-state index contributed by atoms with van der Waals surface area (Å²) in [6, 6.07) is 11.8. The van der Waals surface area contributed by atoms with Crippen molar-refractivity contribution >= 4 is 28.2 Å². The minimum Gasteiger partial charge on any atom is -0.491 e. The van der Waals surface area contributed by atoms with Gasteiger partial charge in [0.25, 0.3) is 5.91 Å². The summed E-state index contributed by atoms with van der Waals surface area (Å²) >= 11 is 0. The van der Waals surface area contributed by atoms with Crippen LogP contribution in [0.25, 0.3) is 10.9 Å². The van der Waals surface area contributed by atoms with E-state index in [9.17, 15) is 9.90 Å². The highest BCUT2D eigenvalue weighted by molar-refractivity contribution is 6.07. The van der Waals surface area contributed by atoms with Gasteiger partial charge in [-0.05, 0) is 68.4 Å². The zero-order valence-corrected chi connectivity index (χ0v) is 19.9. The van der Waals surface area contributed by atoms with Crippen LogP contribution in [0.5, 0.6) is 5.75 Å². The number of fused-ring (bicyclic) bond motifs is 7. The molecule has 2 aromatic carbocycles. The lowest BCUT2D eigenvalue weighted by molar-refractivity contribution is 0.0465. The number of aliphatic hydroxyl groups is 1. The second-order valence-corrected chi connectivity index (χ2v) is 9.95. The number of benzene rings is 2. The standard InChI is InChI=1S/C27H32N4O4/c32-17-18-4-6-21(7-5-18)31-15-20-13-25-26(14-24(20)29-31)30-9-8-23(16-30)35-11-10-34-22-3-1-2-19(12-22)27(33)28-25/h1-3,12-15,18,21,23,32H,4-11,16-17H2,(H,28,33)/t18-,21-,23-/m0/s1. The van der Waals surface area contributed by atoms with Crippen molar-refractivity contribution in [2.45, 2.75) is 44.2 Å². The fourth-order valence-electron chi connectivity index (χ4n) is 5.60. The van der Waals surface area contributed by atoms with Gasteiger partial charge in [0.2, 0.25) is 0 Å². The number of carbonyl (C=O) groups excluding carboxylic acids is 1. The molecular formula is C27H32N4O4. The Morgan fingerprint density at radius 2 is 1.97 bits per heavy atom. The molecule has 3 aliphatic rings. The summed E-state index contributed by atoms with van der Waals surface area (Å²) in [7, 11) is 0. The van der Waals surface area contributed by atoms with Gasteiger partial charge in [-0.1, -0.05) is 6.07 Å². The zero-order valence-electron chi connectivity index (χ0n) is 19.9. The Morgan fingerprint density at radius 3 is 2.83 bits per heavy atom. The molecule has 35 heavy (non-hydrogen) atoms. The third-order valence-corrected chi connectivity index (χ3v) is 7.62. The normalized spacial score (nSPS) is 25.0. The number of hydrogen-bond acceptors (Lipinski definition) is 6. The van der Waals surface area contributed by atoms with Crippen LogP contribution in [0, 0.1) is 5.92 Å². The molecule has 0 spiro atoms. The molecule has 3 heterocycles. The average Bonchev–Trinajstić information content (AvgIpc) is 3.53. The fourth-order valence-corrected chi connectivity index (χ4v) is 5.60. The highest BCUT2D eigenvalue weighted by Crippen LogP contribution is 2.37. The van der Waals surface area contributed by atoms with Crippen LogP contribution in [-0.4, -0.2) is 59.8 Å². The Labute approximate surface area is 204 Å². The first kappa shape index (κ1) is 22.4. The molecule has 4 bridgehead atoms. The van der Waals surface area contributed by atoms with E-state index >= 15 is 0 Å². The number of amides is 1. The van der Waals surface area contributed by atoms with Gasteiger partial charge in [0, 0.05) is 36.8 Å². The van der Waals surface area contributed by atoms with E-state index in [1.54, 1.807) is 12.1 Å². The zero-order chi connectivity index (χ0) is 23.8. The van der Waals surface area contributed by atoms with E-state index in [2.05, 4.69) is 27.2 Å². The van der Waals surface area contributed by atoms with Gasteiger partial charge < -0.3 is 24.8 Å². The smallest absolute Gasteiger partial charge is 0.255 e. The van der Waals surface area contributed by atoms with Crippen LogP contribution in [0.2, 0.25) is 0 Å². The Bertz CT molecular complexity index is 1220. The number of ether oxygens (including phenoxy) is 2. The highest BCUT2D eigenvalue weighted by atomic mass is 16.5. The van der Waals surface area contributed by atoms with Gasteiger partial charge >= 0.3 is 0 Å². The first-order chi connectivity index (χ1) is 17.2. The molecule has 1 aliphatic carbocycles. The van der Waals surface area contributed by atoms with Gasteiger partial charge in [0.05, 0.1) is 35.6 Å². The molecule has 184 valence electrons. The third kappa shape index (κ3) is 4.60. The molecule has 1 saturated carbocycles. The van der Waals surface area contributed by atoms with Gasteiger partial charge in [0.1, 0.15) is 12.4 Å². The maximum atomic E-state index is 13.2. The van der Waals surface area contributed by atoms with Crippen LogP contribution >= 0.6 is 0 Å². The van der Waals surface area contributed by atoms with Crippen LogP contribution in [0.4, 0.5) is 11.4 Å². The van der Waals surface area contributed by atoms with Crippen molar-refractivity contribution < 1.29 is 19.4 Å². The van der Waals surface area contributed by atoms with Gasteiger partial charge in [-0.2, -0.15) is 5.10 Å². The van der Waals surface area contributed by atoms with Crippen LogP contribution in [0.3, 0.4) is 0 Å². The molecule has 0 radical (unpaired) electrons. The summed E-state index contributed by atoms with van der Waals surface area (Å²) in [6.45, 7) is 2.88. The lowest BCUT2D eigenvalue weighted by Crippen LogP contribution is -2.26. The number of aliphatic hydroxyl groups excluding tert-OH is 1. The van der Waals surface area contributed by atoms with E-state index in [0.29, 0.717) is 36.5 Å². The average molecular weight is 477 g/mol. The lowest BCUT2D eigenvalue weighted by Gasteiger charge is -2.27. The van der Waals surface area contributed by atoms with E-state index in [4.69, 9.17) is 14.6 Å². The number of aromatic nitrogens is 2. The van der Waals surface area contributed by atoms with E-state index in [1.807, 2.05) is 18.2 Å². The quantitative estimate of drug-likeness (QED) is 0.581.